The number of rotatable bonds is 2. The summed E-state index contributed by atoms with van der Waals surface area (Å²) in [5.74, 6) is 0.653. The van der Waals surface area contributed by atoms with E-state index in [4.69, 9.17) is 10.9 Å². The summed E-state index contributed by atoms with van der Waals surface area (Å²) in [5.41, 5.74) is 6.88. The maximum Gasteiger partial charge on any atom is 0.175 e. The van der Waals surface area contributed by atoms with Crippen molar-refractivity contribution in [3.05, 3.63) is 28.1 Å². The van der Waals surface area contributed by atoms with Crippen LogP contribution < -0.4 is 5.73 Å². The largest absolute Gasteiger partial charge is 0.409 e. The average molecular weight is 299 g/mol. The Morgan fingerprint density at radius 3 is 2.82 bits per heavy atom. The number of aromatic nitrogens is 4. The fourth-order valence-corrected chi connectivity index (χ4v) is 1.96. The van der Waals surface area contributed by atoms with Crippen LogP contribution in [0.15, 0.2) is 22.0 Å². The first-order valence-corrected chi connectivity index (χ1v) is 5.56. The highest BCUT2D eigenvalue weighted by Crippen LogP contribution is 2.19. The van der Waals surface area contributed by atoms with E-state index >= 15 is 0 Å². The Bertz CT molecular complexity index is 584. The van der Waals surface area contributed by atoms with Gasteiger partial charge in [-0.15, -0.1) is 0 Å². The van der Waals surface area contributed by atoms with Crippen LogP contribution in [0.25, 0.3) is 5.82 Å². The van der Waals surface area contributed by atoms with Gasteiger partial charge in [0, 0.05) is 13.2 Å². The fraction of sp³-hybridized carbons (Fsp3) is 0.222. The molecule has 90 valence electrons. The van der Waals surface area contributed by atoms with E-state index in [2.05, 4.69) is 31.3 Å². The van der Waals surface area contributed by atoms with E-state index in [1.807, 2.05) is 0 Å². The Labute approximate surface area is 106 Å². The lowest BCUT2D eigenvalue weighted by atomic mass is 10.2. The van der Waals surface area contributed by atoms with E-state index in [0.717, 1.165) is 4.47 Å². The lowest BCUT2D eigenvalue weighted by molar-refractivity contribution is 0.318. The van der Waals surface area contributed by atoms with Gasteiger partial charge in [0.2, 0.25) is 0 Å². The number of nitrogens with zero attached hydrogens (tertiary/aromatic N) is 5. The Kier molecular flexibility index (Phi) is 2.88. The molecule has 0 radical (unpaired) electrons. The van der Waals surface area contributed by atoms with Gasteiger partial charge in [0.15, 0.2) is 11.7 Å². The molecule has 2 heterocycles. The molecule has 2 rings (SSSR count). The smallest absolute Gasteiger partial charge is 0.175 e. The van der Waals surface area contributed by atoms with Crippen LogP contribution in [-0.4, -0.2) is 30.6 Å². The molecule has 2 aromatic heterocycles. The van der Waals surface area contributed by atoms with Crippen LogP contribution in [0, 0.1) is 6.92 Å². The molecule has 0 aliphatic rings. The Morgan fingerprint density at radius 2 is 2.29 bits per heavy atom. The molecular weight excluding hydrogens is 288 g/mol. The van der Waals surface area contributed by atoms with Crippen LogP contribution in [0.2, 0.25) is 0 Å². The number of amidine groups is 1. The van der Waals surface area contributed by atoms with E-state index in [-0.39, 0.29) is 5.84 Å². The maximum atomic E-state index is 8.79. The van der Waals surface area contributed by atoms with Crippen LogP contribution in [0.1, 0.15) is 11.3 Å². The zero-order valence-corrected chi connectivity index (χ0v) is 10.9. The minimum Gasteiger partial charge on any atom is -0.409 e. The van der Waals surface area contributed by atoms with E-state index in [1.54, 1.807) is 35.7 Å². The molecule has 0 aliphatic heterocycles. The molecule has 0 saturated heterocycles. The van der Waals surface area contributed by atoms with Crippen molar-refractivity contribution >= 4 is 21.8 Å². The number of halogens is 1. The fourth-order valence-electron chi connectivity index (χ4n) is 1.68. The number of hydrogen-bond acceptors (Lipinski definition) is 4. The number of oxime groups is 1. The molecule has 0 amide bonds. The summed E-state index contributed by atoms with van der Waals surface area (Å²) >= 11 is 3.32. The minimum absolute atomic E-state index is 0.0113. The average Bonchev–Trinajstić information content (AvgIpc) is 2.81. The van der Waals surface area contributed by atoms with E-state index in [0.29, 0.717) is 17.1 Å². The van der Waals surface area contributed by atoms with Gasteiger partial charge in [0.25, 0.3) is 0 Å². The highest BCUT2D eigenvalue weighted by atomic mass is 79.9. The van der Waals surface area contributed by atoms with Gasteiger partial charge in [-0.25, -0.2) is 4.68 Å². The number of nitrogens with two attached hydrogens (primary N) is 1. The van der Waals surface area contributed by atoms with Crippen LogP contribution in [-0.2, 0) is 7.05 Å². The molecular formula is C9H11BrN6O. The summed E-state index contributed by atoms with van der Waals surface area (Å²) in [6.45, 7) is 1.79. The van der Waals surface area contributed by atoms with E-state index in [9.17, 15) is 0 Å². The third-order valence-corrected chi connectivity index (χ3v) is 2.73. The standard InChI is InChI=1S/C9H11BrN6O/c1-5-7(8(11)14-17)9(15(2)13-5)16-4-6(10)3-12-16/h3-4,17H,1-2H3,(H2,11,14). The van der Waals surface area contributed by atoms with E-state index < -0.39 is 0 Å². The zero-order valence-electron chi connectivity index (χ0n) is 9.29. The second-order valence-corrected chi connectivity index (χ2v) is 4.41. The second kappa shape index (κ2) is 4.21. The molecule has 0 unspecified atom stereocenters. The van der Waals surface area contributed by atoms with Crippen molar-refractivity contribution in [3.63, 3.8) is 0 Å². The van der Waals surface area contributed by atoms with Crippen LogP contribution in [0.4, 0.5) is 0 Å². The van der Waals surface area contributed by atoms with Crippen molar-refractivity contribution in [2.24, 2.45) is 17.9 Å². The van der Waals surface area contributed by atoms with Crippen molar-refractivity contribution in [1.82, 2.24) is 19.6 Å². The molecule has 0 spiro atoms. The van der Waals surface area contributed by atoms with Crippen molar-refractivity contribution in [2.45, 2.75) is 6.92 Å². The first-order chi connectivity index (χ1) is 8.04. The number of aryl methyl sites for hydroxylation is 2. The second-order valence-electron chi connectivity index (χ2n) is 3.50. The van der Waals surface area contributed by atoms with Crippen molar-refractivity contribution in [3.8, 4) is 5.82 Å². The van der Waals surface area contributed by atoms with Gasteiger partial charge in [0.1, 0.15) is 0 Å². The summed E-state index contributed by atoms with van der Waals surface area (Å²) in [5, 5.41) is 20.2. The molecule has 2 aromatic rings. The topological polar surface area (TPSA) is 94.2 Å². The molecule has 0 aromatic carbocycles. The molecule has 0 atom stereocenters. The molecule has 3 N–H and O–H groups in total. The summed E-state index contributed by atoms with van der Waals surface area (Å²) in [4.78, 5) is 0. The lowest BCUT2D eigenvalue weighted by Gasteiger charge is -2.04. The first-order valence-electron chi connectivity index (χ1n) is 4.76. The predicted octanol–water partition coefficient (Wildman–Crippen LogP) is 0.771. The van der Waals surface area contributed by atoms with Gasteiger partial charge in [-0.1, -0.05) is 5.16 Å². The van der Waals surface area contributed by atoms with E-state index in [1.165, 1.54) is 0 Å². The van der Waals surface area contributed by atoms with Crippen LogP contribution in [0.3, 0.4) is 0 Å². The Hall–Kier alpha value is -1.83. The summed E-state index contributed by atoms with van der Waals surface area (Å²) in [6.07, 6.45) is 3.42. The van der Waals surface area contributed by atoms with Crippen molar-refractivity contribution < 1.29 is 5.21 Å². The molecule has 0 bridgehead atoms. The summed E-state index contributed by atoms with van der Waals surface area (Å²) in [7, 11) is 1.77. The quantitative estimate of drug-likeness (QED) is 0.371. The molecule has 17 heavy (non-hydrogen) atoms. The number of hydrogen-bond donors (Lipinski definition) is 2. The molecule has 0 fully saturated rings. The Morgan fingerprint density at radius 1 is 1.59 bits per heavy atom. The van der Waals surface area contributed by atoms with Gasteiger partial charge in [-0.3, -0.25) is 4.68 Å². The third-order valence-electron chi connectivity index (χ3n) is 2.32. The van der Waals surface area contributed by atoms with Gasteiger partial charge >= 0.3 is 0 Å². The minimum atomic E-state index is 0.0113. The first kappa shape index (κ1) is 11.6. The molecule has 7 nitrogen and oxygen atoms in total. The monoisotopic (exact) mass is 298 g/mol. The summed E-state index contributed by atoms with van der Waals surface area (Å²) in [6, 6.07) is 0. The van der Waals surface area contributed by atoms with Gasteiger partial charge in [-0.2, -0.15) is 10.2 Å². The van der Waals surface area contributed by atoms with Gasteiger partial charge < -0.3 is 10.9 Å². The van der Waals surface area contributed by atoms with Gasteiger partial charge in [-0.05, 0) is 22.9 Å². The SMILES string of the molecule is Cc1nn(C)c(-n2cc(Br)cn2)c1C(N)=NO. The molecule has 0 saturated carbocycles. The highest BCUT2D eigenvalue weighted by Gasteiger charge is 2.19. The van der Waals surface area contributed by atoms with Crippen LogP contribution in [0.5, 0.6) is 0 Å². The van der Waals surface area contributed by atoms with Crippen molar-refractivity contribution in [1.29, 1.82) is 0 Å². The third kappa shape index (κ3) is 1.91. The van der Waals surface area contributed by atoms with Gasteiger partial charge in [0.05, 0.1) is 21.9 Å². The molecule has 0 aliphatic carbocycles. The maximum absolute atomic E-state index is 8.79. The zero-order chi connectivity index (χ0) is 12.6. The molecule has 8 heteroatoms. The van der Waals surface area contributed by atoms with Crippen LogP contribution >= 0.6 is 15.9 Å². The normalized spacial score (nSPS) is 12.1. The summed E-state index contributed by atoms with van der Waals surface area (Å²) < 4.78 is 4.07. The Balaban J connectivity index is 2.68. The lowest BCUT2D eigenvalue weighted by Crippen LogP contribution is -2.17. The van der Waals surface area contributed by atoms with Crippen molar-refractivity contribution in [2.75, 3.05) is 0 Å². The predicted molar refractivity (Wildman–Crippen MR) is 65.3 cm³/mol. The highest BCUT2D eigenvalue weighted by molar-refractivity contribution is 9.10.